The first-order valence-electron chi connectivity index (χ1n) is 7.15. The van der Waals surface area contributed by atoms with Crippen molar-refractivity contribution in [2.45, 2.75) is 19.5 Å². The van der Waals surface area contributed by atoms with Gasteiger partial charge in [-0.1, -0.05) is 18.2 Å². The molecule has 0 radical (unpaired) electrons. The fourth-order valence-corrected chi connectivity index (χ4v) is 2.43. The second-order valence-corrected chi connectivity index (χ2v) is 5.41. The Kier molecular flexibility index (Phi) is 4.81. The number of rotatable bonds is 5. The minimum atomic E-state index is -0.0680. The second kappa shape index (κ2) is 6.59. The molecule has 1 unspecified atom stereocenters. The Morgan fingerprint density at radius 3 is 2.57 bits per heavy atom. The number of amides is 1. The fraction of sp³-hybridized carbons (Fsp3) is 0.353. The maximum Gasteiger partial charge on any atom is 0.277 e. The summed E-state index contributed by atoms with van der Waals surface area (Å²) in [6, 6.07) is 12.4. The number of methoxy groups -OCH3 is 1. The summed E-state index contributed by atoms with van der Waals surface area (Å²) in [7, 11) is 5.39. The van der Waals surface area contributed by atoms with Gasteiger partial charge in [-0.3, -0.25) is 4.79 Å². The van der Waals surface area contributed by atoms with Crippen LogP contribution in [0.1, 0.15) is 12.5 Å². The average molecular weight is 287 g/mol. The molecule has 2 aromatic rings. The van der Waals surface area contributed by atoms with Crippen LogP contribution in [0.4, 0.5) is 0 Å². The average Bonchev–Trinajstić information content (AvgIpc) is 2.52. The summed E-state index contributed by atoms with van der Waals surface area (Å²) in [4.78, 5) is 12.8. The second-order valence-electron chi connectivity index (χ2n) is 5.41. The summed E-state index contributed by atoms with van der Waals surface area (Å²) in [6.45, 7) is 2.76. The first-order valence-corrected chi connectivity index (χ1v) is 7.15. The summed E-state index contributed by atoms with van der Waals surface area (Å²) in [5.74, 6) is 0.934. The molecule has 0 aliphatic carbocycles. The van der Waals surface area contributed by atoms with E-state index in [-0.39, 0.29) is 11.9 Å². The number of carbonyl (C=O) groups is 1. The highest BCUT2D eigenvalue weighted by Gasteiger charge is 2.20. The molecule has 21 heavy (non-hydrogen) atoms. The van der Waals surface area contributed by atoms with Crippen LogP contribution in [0.5, 0.6) is 5.75 Å². The Hall–Kier alpha value is -2.07. The number of carbonyl (C=O) groups excluding carboxylic acids is 1. The van der Waals surface area contributed by atoms with Crippen LogP contribution in [0.3, 0.4) is 0 Å². The quantitative estimate of drug-likeness (QED) is 0.861. The molecule has 2 aromatic carbocycles. The van der Waals surface area contributed by atoms with Gasteiger partial charge in [-0.05, 0) is 35.9 Å². The van der Waals surface area contributed by atoms with Gasteiger partial charge in [0.2, 0.25) is 0 Å². The van der Waals surface area contributed by atoms with Gasteiger partial charge in [0.1, 0.15) is 12.3 Å². The van der Waals surface area contributed by atoms with Gasteiger partial charge in [0.25, 0.3) is 5.91 Å². The highest BCUT2D eigenvalue weighted by Crippen LogP contribution is 2.21. The number of benzene rings is 2. The molecule has 0 saturated carbocycles. The molecule has 4 heteroatoms. The molecule has 2 rings (SSSR count). The summed E-state index contributed by atoms with van der Waals surface area (Å²) >= 11 is 0. The lowest BCUT2D eigenvalue weighted by Crippen LogP contribution is -3.12. The van der Waals surface area contributed by atoms with E-state index in [1.54, 1.807) is 14.2 Å². The molecule has 0 heterocycles. The van der Waals surface area contributed by atoms with Gasteiger partial charge in [0.15, 0.2) is 6.04 Å². The van der Waals surface area contributed by atoms with Crippen LogP contribution in [0.15, 0.2) is 36.4 Å². The third kappa shape index (κ3) is 3.52. The van der Waals surface area contributed by atoms with Gasteiger partial charge in [-0.2, -0.15) is 0 Å². The van der Waals surface area contributed by atoms with Gasteiger partial charge < -0.3 is 15.0 Å². The van der Waals surface area contributed by atoms with Crippen LogP contribution in [0, 0.1) is 0 Å². The highest BCUT2D eigenvalue weighted by atomic mass is 16.5. The predicted octanol–water partition coefficient (Wildman–Crippen LogP) is 0.998. The molecular formula is C17H23N2O2+. The smallest absolute Gasteiger partial charge is 0.277 e. The number of likely N-dealkylation sites (N-methyl/N-ethyl adjacent to an activating group) is 2. The van der Waals surface area contributed by atoms with E-state index in [0.717, 1.165) is 17.7 Å². The lowest BCUT2D eigenvalue weighted by molar-refractivity contribution is -0.908. The summed E-state index contributed by atoms with van der Waals surface area (Å²) in [6.07, 6.45) is 0. The first-order chi connectivity index (χ1) is 10.0. The molecule has 0 saturated heterocycles. The van der Waals surface area contributed by atoms with E-state index < -0.39 is 0 Å². The molecule has 112 valence electrons. The zero-order valence-corrected chi connectivity index (χ0v) is 13.1. The molecular weight excluding hydrogens is 264 g/mol. The van der Waals surface area contributed by atoms with Crippen molar-refractivity contribution >= 4 is 16.7 Å². The van der Waals surface area contributed by atoms with Gasteiger partial charge in [-0.15, -0.1) is 0 Å². The minimum absolute atomic E-state index is 0.0676. The molecule has 0 spiro atoms. The van der Waals surface area contributed by atoms with E-state index in [1.165, 1.54) is 15.8 Å². The number of hydrogen-bond donors (Lipinski definition) is 2. The normalized spacial score (nSPS) is 13.7. The van der Waals surface area contributed by atoms with Crippen LogP contribution in [-0.2, 0) is 11.3 Å². The monoisotopic (exact) mass is 287 g/mol. The van der Waals surface area contributed by atoms with Crippen molar-refractivity contribution in [3.05, 3.63) is 42.0 Å². The lowest BCUT2D eigenvalue weighted by atomic mass is 10.1. The van der Waals surface area contributed by atoms with Crippen LogP contribution >= 0.6 is 0 Å². The number of quaternary nitrogens is 1. The van der Waals surface area contributed by atoms with Gasteiger partial charge >= 0.3 is 0 Å². The van der Waals surface area contributed by atoms with Crippen molar-refractivity contribution in [1.29, 1.82) is 0 Å². The van der Waals surface area contributed by atoms with Gasteiger partial charge in [0, 0.05) is 12.6 Å². The third-order valence-corrected chi connectivity index (χ3v) is 3.97. The van der Waals surface area contributed by atoms with Crippen molar-refractivity contribution < 1.29 is 14.4 Å². The van der Waals surface area contributed by atoms with Crippen LogP contribution in [0.25, 0.3) is 10.8 Å². The zero-order valence-electron chi connectivity index (χ0n) is 13.1. The molecule has 2 atom stereocenters. The van der Waals surface area contributed by atoms with E-state index in [2.05, 4.69) is 29.6 Å². The van der Waals surface area contributed by atoms with Crippen molar-refractivity contribution in [3.63, 3.8) is 0 Å². The van der Waals surface area contributed by atoms with Crippen molar-refractivity contribution in [2.75, 3.05) is 21.2 Å². The van der Waals surface area contributed by atoms with Crippen molar-refractivity contribution in [1.82, 2.24) is 5.32 Å². The van der Waals surface area contributed by atoms with E-state index in [9.17, 15) is 4.79 Å². The van der Waals surface area contributed by atoms with Crippen LogP contribution < -0.4 is 15.0 Å². The van der Waals surface area contributed by atoms with Crippen molar-refractivity contribution in [3.8, 4) is 5.75 Å². The Bertz CT molecular complexity index is 640. The lowest BCUT2D eigenvalue weighted by Gasteiger charge is -2.20. The molecule has 0 aliphatic heterocycles. The Balaban J connectivity index is 2.17. The van der Waals surface area contributed by atoms with E-state index in [0.29, 0.717) is 0 Å². The molecule has 0 aliphatic rings. The fourth-order valence-electron chi connectivity index (χ4n) is 2.43. The molecule has 1 amide bonds. The van der Waals surface area contributed by atoms with Crippen molar-refractivity contribution in [2.24, 2.45) is 0 Å². The largest absolute Gasteiger partial charge is 0.497 e. The summed E-state index contributed by atoms with van der Waals surface area (Å²) in [5, 5.41) is 5.05. The minimum Gasteiger partial charge on any atom is -0.497 e. The maximum absolute atomic E-state index is 11.7. The number of fused-ring (bicyclic) bond motifs is 1. The Morgan fingerprint density at radius 1 is 1.24 bits per heavy atom. The summed E-state index contributed by atoms with van der Waals surface area (Å²) in [5.41, 5.74) is 1.22. The molecule has 0 fully saturated rings. The number of hydrogen-bond acceptors (Lipinski definition) is 2. The van der Waals surface area contributed by atoms with Crippen LogP contribution in [-0.4, -0.2) is 33.2 Å². The maximum atomic E-state index is 11.7. The van der Waals surface area contributed by atoms with E-state index in [4.69, 9.17) is 4.74 Å². The Morgan fingerprint density at radius 2 is 1.90 bits per heavy atom. The predicted molar refractivity (Wildman–Crippen MR) is 84.6 cm³/mol. The van der Waals surface area contributed by atoms with Gasteiger partial charge in [-0.25, -0.2) is 0 Å². The third-order valence-electron chi connectivity index (χ3n) is 3.97. The SMILES string of the molecule is CNC(=O)[C@H](C)[NH+](C)Cc1ccc2cc(OC)ccc2c1. The number of nitrogens with one attached hydrogen (secondary N) is 2. The molecule has 4 nitrogen and oxygen atoms in total. The highest BCUT2D eigenvalue weighted by molar-refractivity contribution is 5.84. The topological polar surface area (TPSA) is 42.8 Å². The molecule has 0 bridgehead atoms. The Labute approximate surface area is 125 Å². The first kappa shape index (κ1) is 15.3. The molecule has 2 N–H and O–H groups in total. The summed E-state index contributed by atoms with van der Waals surface area (Å²) < 4.78 is 5.24. The van der Waals surface area contributed by atoms with E-state index in [1.807, 2.05) is 26.1 Å². The number of ether oxygens (including phenoxy) is 1. The molecule has 0 aromatic heterocycles. The van der Waals surface area contributed by atoms with E-state index >= 15 is 0 Å². The standard InChI is InChI=1S/C17H22N2O2/c1-12(17(20)18-2)19(3)11-13-5-6-15-10-16(21-4)8-7-14(15)9-13/h5-10,12H,11H2,1-4H3,(H,18,20)/p+1/t12-/m0/s1. The zero-order chi connectivity index (χ0) is 15.4. The van der Waals surface area contributed by atoms with Crippen LogP contribution in [0.2, 0.25) is 0 Å². The van der Waals surface area contributed by atoms with Gasteiger partial charge in [0.05, 0.1) is 14.2 Å².